The zero-order valence-electron chi connectivity index (χ0n) is 13.7. The first-order valence-corrected chi connectivity index (χ1v) is 8.08. The normalized spacial score (nSPS) is 21.0. The van der Waals surface area contributed by atoms with Gasteiger partial charge >= 0.3 is 0 Å². The van der Waals surface area contributed by atoms with Gasteiger partial charge in [0.15, 0.2) is 0 Å². The van der Waals surface area contributed by atoms with Gasteiger partial charge in [-0.1, -0.05) is 12.1 Å². The second kappa shape index (κ2) is 7.11. The highest BCUT2D eigenvalue weighted by Gasteiger charge is 2.36. The first kappa shape index (κ1) is 16.6. The molecule has 1 aromatic rings. The Morgan fingerprint density at radius 3 is 2.54 bits per heavy atom. The molecule has 1 unspecified atom stereocenters. The smallest absolute Gasteiger partial charge is 0.262 e. The van der Waals surface area contributed by atoms with Crippen LogP contribution in [0, 0.1) is 0 Å². The molecule has 24 heavy (non-hydrogen) atoms. The summed E-state index contributed by atoms with van der Waals surface area (Å²) in [6.07, 6.45) is 0.807. The predicted octanol–water partition coefficient (Wildman–Crippen LogP) is 0.120. The van der Waals surface area contributed by atoms with Crippen LogP contribution in [-0.2, 0) is 9.53 Å². The van der Waals surface area contributed by atoms with Crippen molar-refractivity contribution < 1.29 is 19.1 Å². The van der Waals surface area contributed by atoms with E-state index in [4.69, 9.17) is 4.74 Å². The summed E-state index contributed by atoms with van der Waals surface area (Å²) < 4.78 is 5.63. The lowest BCUT2D eigenvalue weighted by Crippen LogP contribution is -2.43. The van der Waals surface area contributed by atoms with Crippen LogP contribution in [0.2, 0.25) is 0 Å². The summed E-state index contributed by atoms with van der Waals surface area (Å²) in [7, 11) is 2.04. The molecule has 0 aliphatic carbocycles. The molecule has 1 N–H and O–H groups in total. The van der Waals surface area contributed by atoms with Gasteiger partial charge in [0.2, 0.25) is 5.91 Å². The van der Waals surface area contributed by atoms with Crippen molar-refractivity contribution in [3.05, 3.63) is 35.4 Å². The molecule has 3 rings (SSSR count). The van der Waals surface area contributed by atoms with E-state index < -0.39 is 11.8 Å². The van der Waals surface area contributed by atoms with E-state index in [-0.39, 0.29) is 18.6 Å². The lowest BCUT2D eigenvalue weighted by Gasteiger charge is -2.30. The lowest BCUT2D eigenvalue weighted by molar-refractivity contribution is -0.121. The number of amides is 3. The average Bonchev–Trinajstić information content (AvgIpc) is 2.80. The molecule has 7 nitrogen and oxygen atoms in total. The lowest BCUT2D eigenvalue weighted by atomic mass is 10.1. The zero-order chi connectivity index (χ0) is 17.1. The molecular weight excluding hydrogens is 310 g/mol. The highest BCUT2D eigenvalue weighted by Crippen LogP contribution is 2.21. The van der Waals surface area contributed by atoms with Gasteiger partial charge in [0.1, 0.15) is 6.54 Å². The van der Waals surface area contributed by atoms with Crippen molar-refractivity contribution in [1.29, 1.82) is 0 Å². The van der Waals surface area contributed by atoms with Crippen LogP contribution in [0.4, 0.5) is 0 Å². The third-order valence-electron chi connectivity index (χ3n) is 4.31. The third kappa shape index (κ3) is 3.47. The Bertz CT molecular complexity index is 626. The van der Waals surface area contributed by atoms with E-state index in [1.165, 1.54) is 0 Å². The number of hydrogen-bond donors (Lipinski definition) is 1. The number of fused-ring (bicyclic) bond motifs is 1. The van der Waals surface area contributed by atoms with Gasteiger partial charge in [0, 0.05) is 19.6 Å². The number of imide groups is 1. The fourth-order valence-electron chi connectivity index (χ4n) is 3.00. The van der Waals surface area contributed by atoms with Gasteiger partial charge in [-0.25, -0.2) is 0 Å². The van der Waals surface area contributed by atoms with E-state index in [9.17, 15) is 14.4 Å². The molecule has 1 fully saturated rings. The van der Waals surface area contributed by atoms with E-state index in [2.05, 4.69) is 10.2 Å². The van der Waals surface area contributed by atoms with Gasteiger partial charge in [0.25, 0.3) is 11.8 Å². The van der Waals surface area contributed by atoms with E-state index in [0.29, 0.717) is 30.7 Å². The molecule has 1 saturated heterocycles. The summed E-state index contributed by atoms with van der Waals surface area (Å²) in [5.41, 5.74) is 0.711. The number of benzene rings is 1. The minimum absolute atomic E-state index is 0.100. The highest BCUT2D eigenvalue weighted by atomic mass is 16.5. The maximum atomic E-state index is 12.2. The average molecular weight is 331 g/mol. The van der Waals surface area contributed by atoms with Crippen LogP contribution in [0.1, 0.15) is 27.1 Å². The number of morpholine rings is 1. The largest absolute Gasteiger partial charge is 0.375 e. The summed E-state index contributed by atoms with van der Waals surface area (Å²) in [5, 5.41) is 2.76. The first-order chi connectivity index (χ1) is 11.6. The fourth-order valence-corrected chi connectivity index (χ4v) is 3.00. The van der Waals surface area contributed by atoms with Crippen LogP contribution in [0.5, 0.6) is 0 Å². The van der Waals surface area contributed by atoms with Gasteiger partial charge in [-0.3, -0.25) is 19.3 Å². The molecular formula is C17H21N3O4. The van der Waals surface area contributed by atoms with Crippen molar-refractivity contribution in [3.63, 3.8) is 0 Å². The number of carbonyl (C=O) groups excluding carboxylic acids is 3. The Balaban J connectivity index is 1.47. The number of ether oxygens (including phenoxy) is 1. The molecule has 0 aromatic heterocycles. The van der Waals surface area contributed by atoms with Crippen LogP contribution in [-0.4, -0.2) is 73.5 Å². The Kier molecular flexibility index (Phi) is 4.92. The van der Waals surface area contributed by atoms with Gasteiger partial charge in [-0.15, -0.1) is 0 Å². The van der Waals surface area contributed by atoms with Gasteiger partial charge in [-0.2, -0.15) is 0 Å². The molecule has 0 spiro atoms. The van der Waals surface area contributed by atoms with Gasteiger partial charge in [0.05, 0.1) is 23.8 Å². The predicted molar refractivity (Wildman–Crippen MR) is 86.7 cm³/mol. The molecule has 3 amide bonds. The van der Waals surface area contributed by atoms with E-state index >= 15 is 0 Å². The van der Waals surface area contributed by atoms with E-state index in [1.54, 1.807) is 24.3 Å². The Morgan fingerprint density at radius 1 is 1.25 bits per heavy atom. The van der Waals surface area contributed by atoms with Crippen LogP contribution in [0.25, 0.3) is 0 Å². The zero-order valence-corrected chi connectivity index (χ0v) is 13.7. The number of likely N-dealkylation sites (N-methyl/N-ethyl adjacent to an activating group) is 1. The second-order valence-corrected chi connectivity index (χ2v) is 6.14. The number of nitrogens with zero attached hydrogens (tertiary/aromatic N) is 2. The third-order valence-corrected chi connectivity index (χ3v) is 4.31. The van der Waals surface area contributed by atoms with E-state index in [1.807, 2.05) is 7.05 Å². The standard InChI is InChI=1S/C17H21N3O4/c1-19-8-9-24-12(10-19)6-7-18-15(21)11-20-16(22)13-4-2-3-5-14(13)17(20)23/h2-5,12H,6-11H2,1H3,(H,18,21). The van der Waals surface area contributed by atoms with Crippen molar-refractivity contribution in [2.45, 2.75) is 12.5 Å². The summed E-state index contributed by atoms with van der Waals surface area (Å²) in [5.74, 6) is -1.17. The van der Waals surface area contributed by atoms with Crippen molar-refractivity contribution in [3.8, 4) is 0 Å². The fraction of sp³-hybridized carbons (Fsp3) is 0.471. The number of carbonyl (C=O) groups is 3. The van der Waals surface area contributed by atoms with Crippen LogP contribution in [0.15, 0.2) is 24.3 Å². The topological polar surface area (TPSA) is 79.0 Å². The van der Waals surface area contributed by atoms with Crippen molar-refractivity contribution in [2.75, 3.05) is 39.8 Å². The minimum atomic E-state index is -0.414. The summed E-state index contributed by atoms with van der Waals surface area (Å²) >= 11 is 0. The van der Waals surface area contributed by atoms with Gasteiger partial charge in [-0.05, 0) is 25.6 Å². The summed E-state index contributed by atoms with van der Waals surface area (Å²) in [6.45, 7) is 2.67. The summed E-state index contributed by atoms with van der Waals surface area (Å²) in [6, 6.07) is 6.61. The molecule has 0 saturated carbocycles. The highest BCUT2D eigenvalue weighted by molar-refractivity contribution is 6.22. The molecule has 1 atom stereocenters. The maximum absolute atomic E-state index is 12.2. The van der Waals surface area contributed by atoms with Crippen LogP contribution >= 0.6 is 0 Å². The van der Waals surface area contributed by atoms with E-state index in [0.717, 1.165) is 18.0 Å². The maximum Gasteiger partial charge on any atom is 0.262 e. The van der Waals surface area contributed by atoms with Crippen molar-refractivity contribution in [2.24, 2.45) is 0 Å². The van der Waals surface area contributed by atoms with Gasteiger partial charge < -0.3 is 15.0 Å². The molecule has 2 aliphatic rings. The molecule has 1 aromatic carbocycles. The van der Waals surface area contributed by atoms with Crippen LogP contribution < -0.4 is 5.32 Å². The van der Waals surface area contributed by atoms with Crippen LogP contribution in [0.3, 0.4) is 0 Å². The SMILES string of the molecule is CN1CCOC(CCNC(=O)CN2C(=O)c3ccccc3C2=O)C1. The summed E-state index contributed by atoms with van der Waals surface area (Å²) in [4.78, 5) is 39.6. The monoisotopic (exact) mass is 331 g/mol. The second-order valence-electron chi connectivity index (χ2n) is 6.14. The minimum Gasteiger partial charge on any atom is -0.375 e. The number of hydrogen-bond acceptors (Lipinski definition) is 5. The quantitative estimate of drug-likeness (QED) is 0.776. The molecule has 0 radical (unpaired) electrons. The first-order valence-electron chi connectivity index (χ1n) is 8.08. The Labute approximate surface area is 140 Å². The van der Waals surface area contributed by atoms with Crippen molar-refractivity contribution >= 4 is 17.7 Å². The molecule has 0 bridgehead atoms. The Hall–Kier alpha value is -2.25. The Morgan fingerprint density at radius 2 is 1.92 bits per heavy atom. The number of nitrogens with one attached hydrogen (secondary N) is 1. The molecule has 2 heterocycles. The van der Waals surface area contributed by atoms with Crippen molar-refractivity contribution in [1.82, 2.24) is 15.1 Å². The molecule has 2 aliphatic heterocycles. The molecule has 7 heteroatoms. The number of rotatable bonds is 5. The molecule has 128 valence electrons.